The minimum Gasteiger partial charge on any atom is -0.395 e. The summed E-state index contributed by atoms with van der Waals surface area (Å²) in [5, 5.41) is 12.5. The Morgan fingerprint density at radius 1 is 1.08 bits per heavy atom. The predicted octanol–water partition coefficient (Wildman–Crippen LogP) is 2.93. The Balaban J connectivity index is 1.62. The summed E-state index contributed by atoms with van der Waals surface area (Å²) in [6.07, 6.45) is 3.39. The first-order chi connectivity index (χ1) is 12.3. The molecular weight excluding hydrogens is 312 g/mol. The van der Waals surface area contributed by atoms with Crippen molar-refractivity contribution >= 4 is 5.91 Å². The lowest BCUT2D eigenvalue weighted by atomic mass is 9.99. The highest BCUT2D eigenvalue weighted by atomic mass is 16.3. The van der Waals surface area contributed by atoms with E-state index >= 15 is 0 Å². The Morgan fingerprint density at radius 3 is 2.64 bits per heavy atom. The lowest BCUT2D eigenvalue weighted by Crippen LogP contribution is -2.45. The molecule has 1 amide bonds. The van der Waals surface area contributed by atoms with Crippen LogP contribution in [0.25, 0.3) is 11.1 Å². The Labute approximate surface area is 149 Å². The van der Waals surface area contributed by atoms with Crippen molar-refractivity contribution in [2.24, 2.45) is 0 Å². The second-order valence-corrected chi connectivity index (χ2v) is 6.54. The van der Waals surface area contributed by atoms with Gasteiger partial charge in [0.05, 0.1) is 6.61 Å². The zero-order valence-electron chi connectivity index (χ0n) is 14.5. The molecule has 1 saturated heterocycles. The number of hydrogen-bond acceptors (Lipinski definition) is 3. The topological polar surface area (TPSA) is 52.6 Å². The molecule has 1 aliphatic heterocycles. The number of carbonyl (C=O) groups excluding carboxylic acids is 1. The van der Waals surface area contributed by atoms with Crippen LogP contribution in [0.15, 0.2) is 54.6 Å². The van der Waals surface area contributed by atoms with E-state index in [9.17, 15) is 9.90 Å². The first-order valence-electron chi connectivity index (χ1n) is 9.07. The van der Waals surface area contributed by atoms with Crippen LogP contribution in [0, 0.1) is 0 Å². The second kappa shape index (κ2) is 8.79. The van der Waals surface area contributed by atoms with Crippen LogP contribution in [0.1, 0.15) is 29.6 Å². The maximum absolute atomic E-state index is 12.7. The average molecular weight is 338 g/mol. The van der Waals surface area contributed by atoms with Gasteiger partial charge in [-0.2, -0.15) is 0 Å². The molecule has 0 saturated carbocycles. The van der Waals surface area contributed by atoms with Gasteiger partial charge in [0.25, 0.3) is 5.91 Å². The number of nitrogens with one attached hydrogen (secondary N) is 1. The number of piperidine rings is 1. The van der Waals surface area contributed by atoms with Gasteiger partial charge in [-0.15, -0.1) is 0 Å². The maximum atomic E-state index is 12.7. The van der Waals surface area contributed by atoms with Gasteiger partial charge < -0.3 is 10.4 Å². The largest absolute Gasteiger partial charge is 0.395 e. The van der Waals surface area contributed by atoms with Crippen LogP contribution in [0.2, 0.25) is 0 Å². The first kappa shape index (κ1) is 17.6. The van der Waals surface area contributed by atoms with Crippen molar-refractivity contribution < 1.29 is 9.90 Å². The van der Waals surface area contributed by atoms with E-state index in [4.69, 9.17) is 0 Å². The quantitative estimate of drug-likeness (QED) is 0.851. The summed E-state index contributed by atoms with van der Waals surface area (Å²) in [4.78, 5) is 14.9. The van der Waals surface area contributed by atoms with Crippen molar-refractivity contribution in [3.05, 3.63) is 60.2 Å². The summed E-state index contributed by atoms with van der Waals surface area (Å²) in [5.41, 5.74) is 2.70. The normalized spacial score (nSPS) is 18.0. The van der Waals surface area contributed by atoms with E-state index in [1.165, 1.54) is 12.8 Å². The van der Waals surface area contributed by atoms with Gasteiger partial charge in [-0.1, -0.05) is 55.0 Å². The third-order valence-corrected chi connectivity index (χ3v) is 4.90. The van der Waals surface area contributed by atoms with Crippen molar-refractivity contribution in [3.8, 4) is 11.1 Å². The first-order valence-corrected chi connectivity index (χ1v) is 9.07. The highest BCUT2D eigenvalue weighted by Crippen LogP contribution is 2.23. The fourth-order valence-electron chi connectivity index (χ4n) is 3.52. The maximum Gasteiger partial charge on any atom is 0.251 e. The number of aliphatic hydroxyl groups is 1. The minimum atomic E-state index is -0.0444. The van der Waals surface area contributed by atoms with E-state index in [-0.39, 0.29) is 18.6 Å². The molecule has 4 nitrogen and oxygen atoms in total. The number of benzene rings is 2. The Kier molecular flexibility index (Phi) is 6.20. The van der Waals surface area contributed by atoms with E-state index in [2.05, 4.69) is 10.2 Å². The summed E-state index contributed by atoms with van der Waals surface area (Å²) in [6.45, 7) is 2.58. The number of aliphatic hydroxyl groups excluding tert-OH is 1. The summed E-state index contributed by atoms with van der Waals surface area (Å²) in [5.74, 6) is -0.0444. The minimum absolute atomic E-state index is 0.0444. The molecular formula is C21H26N2O2. The van der Waals surface area contributed by atoms with E-state index < -0.39 is 0 Å². The highest BCUT2D eigenvalue weighted by Gasteiger charge is 2.21. The number of rotatable bonds is 6. The monoisotopic (exact) mass is 338 g/mol. The smallest absolute Gasteiger partial charge is 0.251 e. The molecule has 1 unspecified atom stereocenters. The lowest BCUT2D eigenvalue weighted by molar-refractivity contribution is 0.0849. The third kappa shape index (κ3) is 4.47. The molecule has 2 aromatic carbocycles. The molecule has 1 atom stereocenters. The number of nitrogens with zero attached hydrogens (tertiary/aromatic N) is 1. The molecule has 2 aromatic rings. The summed E-state index contributed by atoms with van der Waals surface area (Å²) >= 11 is 0. The van der Waals surface area contributed by atoms with Crippen LogP contribution in [-0.2, 0) is 0 Å². The second-order valence-electron chi connectivity index (χ2n) is 6.54. The fourth-order valence-corrected chi connectivity index (χ4v) is 3.52. The van der Waals surface area contributed by atoms with Crippen molar-refractivity contribution in [2.75, 3.05) is 26.2 Å². The van der Waals surface area contributed by atoms with E-state index in [1.54, 1.807) is 0 Å². The van der Waals surface area contributed by atoms with Crippen LogP contribution in [0.5, 0.6) is 0 Å². The van der Waals surface area contributed by atoms with Crippen molar-refractivity contribution in [3.63, 3.8) is 0 Å². The Hall–Kier alpha value is -2.17. The molecule has 0 radical (unpaired) electrons. The molecule has 2 N–H and O–H groups in total. The van der Waals surface area contributed by atoms with E-state index in [0.717, 1.165) is 30.6 Å². The number of likely N-dealkylation sites (tertiary alicyclic amines) is 1. The fraction of sp³-hybridized carbons (Fsp3) is 0.381. The molecule has 0 aliphatic carbocycles. The Morgan fingerprint density at radius 2 is 1.84 bits per heavy atom. The van der Waals surface area contributed by atoms with Crippen LogP contribution in [0.3, 0.4) is 0 Å². The molecule has 0 bridgehead atoms. The molecule has 0 spiro atoms. The van der Waals surface area contributed by atoms with Crippen molar-refractivity contribution in [1.82, 2.24) is 10.2 Å². The standard InChI is InChI=1S/C21H26N2O2/c24-16-18-10-6-7-14-23(18)15-13-22-21(25)20-12-5-4-11-19(20)17-8-2-1-3-9-17/h1-5,8-9,11-12,18,24H,6-7,10,13-16H2,(H,22,25). The van der Waals surface area contributed by atoms with Crippen molar-refractivity contribution in [2.45, 2.75) is 25.3 Å². The molecule has 1 heterocycles. The molecule has 1 aliphatic rings. The molecule has 25 heavy (non-hydrogen) atoms. The van der Waals surface area contributed by atoms with Gasteiger partial charge in [-0.3, -0.25) is 9.69 Å². The van der Waals surface area contributed by atoms with Gasteiger partial charge in [0.1, 0.15) is 0 Å². The van der Waals surface area contributed by atoms with Gasteiger partial charge >= 0.3 is 0 Å². The summed E-state index contributed by atoms with van der Waals surface area (Å²) in [6, 6.07) is 17.9. The SMILES string of the molecule is O=C(NCCN1CCCCC1CO)c1ccccc1-c1ccccc1. The summed E-state index contributed by atoms with van der Waals surface area (Å²) < 4.78 is 0. The molecule has 3 rings (SSSR count). The third-order valence-electron chi connectivity index (χ3n) is 4.90. The van der Waals surface area contributed by atoms with Crippen LogP contribution >= 0.6 is 0 Å². The number of hydrogen-bond donors (Lipinski definition) is 2. The summed E-state index contributed by atoms with van der Waals surface area (Å²) in [7, 11) is 0. The predicted molar refractivity (Wildman–Crippen MR) is 101 cm³/mol. The van der Waals surface area contributed by atoms with Gasteiger partial charge in [0.2, 0.25) is 0 Å². The van der Waals surface area contributed by atoms with Crippen molar-refractivity contribution in [1.29, 1.82) is 0 Å². The van der Waals surface area contributed by atoms with Gasteiger partial charge in [0.15, 0.2) is 0 Å². The molecule has 1 fully saturated rings. The lowest BCUT2D eigenvalue weighted by Gasteiger charge is -2.34. The zero-order valence-corrected chi connectivity index (χ0v) is 14.5. The number of amides is 1. The van der Waals surface area contributed by atoms with Gasteiger partial charge in [-0.05, 0) is 36.6 Å². The van der Waals surface area contributed by atoms with Gasteiger partial charge in [-0.25, -0.2) is 0 Å². The molecule has 132 valence electrons. The number of carbonyl (C=O) groups is 1. The van der Waals surface area contributed by atoms with E-state index in [1.807, 2.05) is 54.6 Å². The van der Waals surface area contributed by atoms with Crippen LogP contribution < -0.4 is 5.32 Å². The highest BCUT2D eigenvalue weighted by molar-refractivity contribution is 6.00. The Bertz CT molecular complexity index is 687. The van der Waals surface area contributed by atoms with Gasteiger partial charge in [0, 0.05) is 24.7 Å². The van der Waals surface area contributed by atoms with Crippen LogP contribution in [-0.4, -0.2) is 48.2 Å². The molecule has 4 heteroatoms. The average Bonchev–Trinajstić information content (AvgIpc) is 2.69. The van der Waals surface area contributed by atoms with E-state index in [0.29, 0.717) is 12.1 Å². The van der Waals surface area contributed by atoms with Crippen LogP contribution in [0.4, 0.5) is 0 Å². The molecule has 0 aromatic heterocycles. The zero-order chi connectivity index (χ0) is 17.5.